The van der Waals surface area contributed by atoms with Gasteiger partial charge in [0, 0.05) is 19.3 Å². The Kier molecular flexibility index (Phi) is 8.08. The maximum Gasteiger partial charge on any atom is 0.252 e. The number of amides is 1. The van der Waals surface area contributed by atoms with Crippen molar-refractivity contribution in [3.05, 3.63) is 22.8 Å². The lowest BCUT2D eigenvalue weighted by molar-refractivity contribution is 0.0953. The first-order valence-corrected chi connectivity index (χ1v) is 7.74. The fourth-order valence-corrected chi connectivity index (χ4v) is 2.00. The number of nitrogens with one attached hydrogen (secondary N) is 2. The third-order valence-corrected chi connectivity index (χ3v) is 3.27. The second kappa shape index (κ2) is 9.58. The Balaban J connectivity index is 2.48. The number of rotatable bonds is 9. The average Bonchev–Trinajstić information content (AvgIpc) is 2.45. The summed E-state index contributed by atoms with van der Waals surface area (Å²) < 4.78 is 0. The van der Waals surface area contributed by atoms with Crippen LogP contribution < -0.4 is 10.6 Å². The molecule has 1 amide bonds. The molecule has 5 nitrogen and oxygen atoms in total. The van der Waals surface area contributed by atoms with Gasteiger partial charge in [0.1, 0.15) is 5.82 Å². The lowest BCUT2D eigenvalue weighted by Crippen LogP contribution is -2.25. The van der Waals surface area contributed by atoms with Crippen molar-refractivity contribution in [1.82, 2.24) is 15.2 Å². The number of unbranched alkanes of at least 4 members (excludes halogenated alkanes) is 1. The number of anilines is 1. The molecule has 0 saturated heterocycles. The molecule has 118 valence electrons. The highest BCUT2D eigenvalue weighted by Crippen LogP contribution is 2.18. The summed E-state index contributed by atoms with van der Waals surface area (Å²) in [5, 5.41) is 6.43. The SMILES string of the molecule is CCCNc1cc(C(=O)NCCCCN(C)C)c(Cl)cn1. The summed E-state index contributed by atoms with van der Waals surface area (Å²) in [7, 11) is 4.08. The van der Waals surface area contributed by atoms with Gasteiger partial charge in [0.15, 0.2) is 0 Å². The lowest BCUT2D eigenvalue weighted by atomic mass is 10.2. The average molecular weight is 313 g/mol. The van der Waals surface area contributed by atoms with Gasteiger partial charge >= 0.3 is 0 Å². The van der Waals surface area contributed by atoms with Crippen LogP contribution in [0.2, 0.25) is 5.02 Å². The van der Waals surface area contributed by atoms with E-state index in [1.807, 2.05) is 14.1 Å². The molecular formula is C15H25ClN4O. The second-order valence-electron chi connectivity index (χ2n) is 5.24. The Bertz CT molecular complexity index is 451. The third kappa shape index (κ3) is 6.78. The largest absolute Gasteiger partial charge is 0.370 e. The van der Waals surface area contributed by atoms with Crippen molar-refractivity contribution in [2.24, 2.45) is 0 Å². The maximum atomic E-state index is 12.1. The van der Waals surface area contributed by atoms with E-state index in [-0.39, 0.29) is 5.91 Å². The Morgan fingerprint density at radius 1 is 1.33 bits per heavy atom. The van der Waals surface area contributed by atoms with Gasteiger partial charge in [0.25, 0.3) is 5.91 Å². The first kappa shape index (κ1) is 17.7. The Morgan fingerprint density at radius 2 is 2.10 bits per heavy atom. The summed E-state index contributed by atoms with van der Waals surface area (Å²) >= 11 is 6.05. The van der Waals surface area contributed by atoms with Gasteiger partial charge in [-0.05, 0) is 46.0 Å². The monoisotopic (exact) mass is 312 g/mol. The molecule has 0 radical (unpaired) electrons. The van der Waals surface area contributed by atoms with Crippen LogP contribution in [0.15, 0.2) is 12.3 Å². The van der Waals surface area contributed by atoms with E-state index in [0.29, 0.717) is 22.9 Å². The van der Waals surface area contributed by atoms with Crippen LogP contribution in [-0.2, 0) is 0 Å². The molecule has 0 aliphatic heterocycles. The molecule has 2 N–H and O–H groups in total. The van der Waals surface area contributed by atoms with Crippen molar-refractivity contribution in [2.45, 2.75) is 26.2 Å². The van der Waals surface area contributed by atoms with Crippen molar-refractivity contribution in [3.8, 4) is 0 Å². The van der Waals surface area contributed by atoms with E-state index in [4.69, 9.17) is 11.6 Å². The molecule has 0 spiro atoms. The number of hydrogen-bond acceptors (Lipinski definition) is 4. The van der Waals surface area contributed by atoms with E-state index in [0.717, 1.165) is 32.4 Å². The summed E-state index contributed by atoms with van der Waals surface area (Å²) in [5.74, 6) is 0.533. The number of aromatic nitrogens is 1. The summed E-state index contributed by atoms with van der Waals surface area (Å²) in [6.45, 7) is 4.57. The summed E-state index contributed by atoms with van der Waals surface area (Å²) in [6.07, 6.45) is 4.52. The van der Waals surface area contributed by atoms with E-state index in [9.17, 15) is 4.79 Å². The molecule has 1 rings (SSSR count). The highest BCUT2D eigenvalue weighted by molar-refractivity contribution is 6.33. The number of halogens is 1. The van der Waals surface area contributed by atoms with Gasteiger partial charge in [-0.25, -0.2) is 4.98 Å². The van der Waals surface area contributed by atoms with Crippen molar-refractivity contribution in [3.63, 3.8) is 0 Å². The quantitative estimate of drug-likeness (QED) is 0.688. The summed E-state index contributed by atoms with van der Waals surface area (Å²) in [5.41, 5.74) is 0.470. The fourth-order valence-electron chi connectivity index (χ4n) is 1.81. The van der Waals surface area contributed by atoms with E-state index in [1.165, 1.54) is 6.20 Å². The van der Waals surface area contributed by atoms with Crippen LogP contribution in [0.5, 0.6) is 0 Å². The zero-order valence-corrected chi connectivity index (χ0v) is 13.8. The van der Waals surface area contributed by atoms with Crippen LogP contribution in [0.4, 0.5) is 5.82 Å². The van der Waals surface area contributed by atoms with Gasteiger partial charge in [-0.1, -0.05) is 18.5 Å². The molecule has 0 saturated carbocycles. The fraction of sp³-hybridized carbons (Fsp3) is 0.600. The van der Waals surface area contributed by atoms with Crippen LogP contribution in [-0.4, -0.2) is 49.5 Å². The number of carbonyl (C=O) groups is 1. The van der Waals surface area contributed by atoms with Crippen molar-refractivity contribution >= 4 is 23.3 Å². The number of pyridine rings is 1. The first-order valence-electron chi connectivity index (χ1n) is 7.37. The van der Waals surface area contributed by atoms with Crippen molar-refractivity contribution in [2.75, 3.05) is 39.0 Å². The van der Waals surface area contributed by atoms with E-state index in [2.05, 4.69) is 27.4 Å². The molecule has 0 aliphatic rings. The predicted octanol–water partition coefficient (Wildman–Crippen LogP) is 2.63. The molecule has 1 aromatic heterocycles. The van der Waals surface area contributed by atoms with Gasteiger partial charge in [0.05, 0.1) is 10.6 Å². The van der Waals surface area contributed by atoms with E-state index in [1.54, 1.807) is 6.07 Å². The molecule has 0 fully saturated rings. The molecule has 6 heteroatoms. The van der Waals surface area contributed by atoms with Crippen LogP contribution >= 0.6 is 11.6 Å². The topological polar surface area (TPSA) is 57.3 Å². The Morgan fingerprint density at radius 3 is 2.76 bits per heavy atom. The molecule has 0 aromatic carbocycles. The zero-order valence-electron chi connectivity index (χ0n) is 13.1. The maximum absolute atomic E-state index is 12.1. The number of nitrogens with zero attached hydrogens (tertiary/aromatic N) is 2. The van der Waals surface area contributed by atoms with E-state index < -0.39 is 0 Å². The normalized spacial score (nSPS) is 10.7. The molecular weight excluding hydrogens is 288 g/mol. The predicted molar refractivity (Wildman–Crippen MR) is 88.1 cm³/mol. The summed E-state index contributed by atoms with van der Waals surface area (Å²) in [4.78, 5) is 18.4. The molecule has 21 heavy (non-hydrogen) atoms. The molecule has 0 bridgehead atoms. The number of carbonyl (C=O) groups excluding carboxylic acids is 1. The second-order valence-corrected chi connectivity index (χ2v) is 5.65. The van der Waals surface area contributed by atoms with Crippen LogP contribution in [0, 0.1) is 0 Å². The Hall–Kier alpha value is -1.33. The van der Waals surface area contributed by atoms with Gasteiger partial charge in [-0.3, -0.25) is 4.79 Å². The molecule has 1 aromatic rings. The smallest absolute Gasteiger partial charge is 0.252 e. The van der Waals surface area contributed by atoms with Crippen LogP contribution in [0.3, 0.4) is 0 Å². The van der Waals surface area contributed by atoms with Crippen molar-refractivity contribution < 1.29 is 4.79 Å². The Labute approximate surface area is 132 Å². The highest BCUT2D eigenvalue weighted by atomic mass is 35.5. The van der Waals surface area contributed by atoms with Crippen molar-refractivity contribution in [1.29, 1.82) is 0 Å². The highest BCUT2D eigenvalue weighted by Gasteiger charge is 2.11. The van der Waals surface area contributed by atoms with Gasteiger partial charge in [-0.2, -0.15) is 0 Å². The van der Waals surface area contributed by atoms with Crippen LogP contribution in [0.1, 0.15) is 36.5 Å². The first-order chi connectivity index (χ1) is 10.0. The molecule has 0 aliphatic carbocycles. The van der Waals surface area contributed by atoms with Gasteiger partial charge in [-0.15, -0.1) is 0 Å². The van der Waals surface area contributed by atoms with Gasteiger partial charge in [0.2, 0.25) is 0 Å². The molecule has 1 heterocycles. The lowest BCUT2D eigenvalue weighted by Gasteiger charge is -2.11. The van der Waals surface area contributed by atoms with Gasteiger partial charge < -0.3 is 15.5 Å². The number of hydrogen-bond donors (Lipinski definition) is 2. The minimum Gasteiger partial charge on any atom is -0.370 e. The summed E-state index contributed by atoms with van der Waals surface area (Å²) in [6, 6.07) is 1.70. The zero-order chi connectivity index (χ0) is 15.7. The van der Waals surface area contributed by atoms with E-state index >= 15 is 0 Å². The molecule has 0 atom stereocenters. The minimum atomic E-state index is -0.146. The minimum absolute atomic E-state index is 0.146. The third-order valence-electron chi connectivity index (χ3n) is 2.97. The van der Waals surface area contributed by atoms with Crippen LogP contribution in [0.25, 0.3) is 0 Å². The standard InChI is InChI=1S/C15H25ClN4O/c1-4-7-17-14-10-12(13(16)11-19-14)15(21)18-8-5-6-9-20(2)3/h10-11H,4-9H2,1-3H3,(H,17,19)(H,18,21). The molecule has 0 unspecified atom stereocenters.